The van der Waals surface area contributed by atoms with E-state index >= 15 is 0 Å². The molecule has 0 aromatic heterocycles. The summed E-state index contributed by atoms with van der Waals surface area (Å²) in [6, 6.07) is 0. The molecule has 1 aliphatic rings. The summed E-state index contributed by atoms with van der Waals surface area (Å²) in [5.41, 5.74) is 0. The Bertz CT molecular complexity index is 86.7. The average Bonchev–Trinajstić information content (AvgIpc) is 1.77. The third-order valence-corrected chi connectivity index (χ3v) is 2.17. The predicted octanol–water partition coefficient (Wildman–Crippen LogP) is 1.93. The lowest BCUT2D eigenvalue weighted by molar-refractivity contribution is 0.758. The molecule has 0 aliphatic heterocycles. The molecule has 2 heteroatoms. The van der Waals surface area contributed by atoms with Crippen LogP contribution in [0.5, 0.6) is 0 Å². The first-order valence-electron chi connectivity index (χ1n) is 2.83. The highest BCUT2D eigenvalue weighted by Crippen LogP contribution is 2.18. The van der Waals surface area contributed by atoms with Gasteiger partial charge in [0.15, 0.2) is 0 Å². The summed E-state index contributed by atoms with van der Waals surface area (Å²) in [5, 5.41) is 0.969. The van der Waals surface area contributed by atoms with E-state index in [1.807, 2.05) is 0 Å². The van der Waals surface area contributed by atoms with Crippen LogP contribution in [0.2, 0.25) is 0 Å². The largest absolute Gasteiger partial charge is 0.172 e. The number of hydrogen-bond donors (Lipinski definition) is 2. The van der Waals surface area contributed by atoms with Crippen LogP contribution in [0.3, 0.4) is 0 Å². The highest BCUT2D eigenvalue weighted by atomic mass is 32.1. The molecule has 1 aliphatic carbocycles. The molecule has 0 aromatic rings. The van der Waals surface area contributed by atoms with Gasteiger partial charge < -0.3 is 0 Å². The van der Waals surface area contributed by atoms with E-state index in [-0.39, 0.29) is 0 Å². The molecule has 0 N–H and O–H groups in total. The van der Waals surface area contributed by atoms with E-state index in [1.54, 1.807) is 0 Å². The minimum Gasteiger partial charge on any atom is -0.172 e. The summed E-state index contributed by atoms with van der Waals surface area (Å²) in [4.78, 5) is 0. The van der Waals surface area contributed by atoms with Gasteiger partial charge in [0.05, 0.1) is 0 Å². The number of rotatable bonds is 0. The lowest BCUT2D eigenvalue weighted by Crippen LogP contribution is -2.06. The first kappa shape index (κ1) is 6.56. The second-order valence-electron chi connectivity index (χ2n) is 2.10. The molecule has 2 atom stereocenters. The molecular formula is C6H10S2. The summed E-state index contributed by atoms with van der Waals surface area (Å²) >= 11 is 8.56. The van der Waals surface area contributed by atoms with Gasteiger partial charge in [-0.25, -0.2) is 0 Å². The van der Waals surface area contributed by atoms with Crippen molar-refractivity contribution in [2.24, 2.45) is 0 Å². The van der Waals surface area contributed by atoms with Crippen molar-refractivity contribution in [1.29, 1.82) is 0 Å². The first-order chi connectivity index (χ1) is 3.79. The van der Waals surface area contributed by atoms with Gasteiger partial charge in [-0.15, -0.1) is 0 Å². The Morgan fingerprint density at radius 3 is 1.62 bits per heavy atom. The second-order valence-corrected chi connectivity index (χ2v) is 3.42. The van der Waals surface area contributed by atoms with Gasteiger partial charge in [0.25, 0.3) is 0 Å². The predicted molar refractivity (Wildman–Crippen MR) is 43.9 cm³/mol. The lowest BCUT2D eigenvalue weighted by Gasteiger charge is -2.14. The van der Waals surface area contributed by atoms with Gasteiger partial charge in [0, 0.05) is 10.5 Å². The van der Waals surface area contributed by atoms with E-state index in [0.717, 1.165) is 0 Å². The molecule has 0 spiro atoms. The maximum atomic E-state index is 4.28. The van der Waals surface area contributed by atoms with Gasteiger partial charge in [-0.2, -0.15) is 25.3 Å². The molecule has 0 fully saturated rings. The quantitative estimate of drug-likeness (QED) is 0.379. The van der Waals surface area contributed by atoms with E-state index in [0.29, 0.717) is 10.5 Å². The van der Waals surface area contributed by atoms with Gasteiger partial charge in [0.2, 0.25) is 0 Å². The zero-order chi connectivity index (χ0) is 5.98. The fourth-order valence-electron chi connectivity index (χ4n) is 0.790. The lowest BCUT2D eigenvalue weighted by atomic mass is 10.1. The third kappa shape index (κ3) is 1.75. The minimum atomic E-state index is 0.485. The SMILES string of the molecule is SC1C=CC(S)CC1. The topological polar surface area (TPSA) is 0 Å². The molecular weight excluding hydrogens is 136 g/mol. The normalized spacial score (nSPS) is 37.8. The van der Waals surface area contributed by atoms with Crippen molar-refractivity contribution in [2.75, 3.05) is 0 Å². The standard InChI is InChI=1S/C6H10S2/c7-5-1-2-6(8)4-3-5/h1-2,5-8H,3-4H2. The molecule has 0 bridgehead atoms. The molecule has 0 radical (unpaired) electrons. The van der Waals surface area contributed by atoms with Crippen LogP contribution in [0.15, 0.2) is 12.2 Å². The molecule has 0 saturated heterocycles. The molecule has 1 rings (SSSR count). The number of thiol groups is 2. The van der Waals surface area contributed by atoms with Gasteiger partial charge >= 0.3 is 0 Å². The molecule has 0 amide bonds. The summed E-state index contributed by atoms with van der Waals surface area (Å²) in [6.07, 6.45) is 6.58. The van der Waals surface area contributed by atoms with Crippen molar-refractivity contribution in [3.05, 3.63) is 12.2 Å². The highest BCUT2D eigenvalue weighted by molar-refractivity contribution is 7.81. The van der Waals surface area contributed by atoms with E-state index in [9.17, 15) is 0 Å². The Balaban J connectivity index is 2.42. The fraction of sp³-hybridized carbons (Fsp3) is 0.667. The summed E-state index contributed by atoms with van der Waals surface area (Å²) in [6.45, 7) is 0. The Kier molecular flexibility index (Phi) is 2.32. The Morgan fingerprint density at radius 1 is 1.00 bits per heavy atom. The number of hydrogen-bond acceptors (Lipinski definition) is 2. The Morgan fingerprint density at radius 2 is 1.38 bits per heavy atom. The van der Waals surface area contributed by atoms with Crippen LogP contribution in [-0.4, -0.2) is 10.5 Å². The minimum absolute atomic E-state index is 0.485. The van der Waals surface area contributed by atoms with Crippen LogP contribution < -0.4 is 0 Å². The van der Waals surface area contributed by atoms with Gasteiger partial charge in [0.1, 0.15) is 0 Å². The van der Waals surface area contributed by atoms with Gasteiger partial charge in [-0.1, -0.05) is 12.2 Å². The second kappa shape index (κ2) is 2.83. The Hall–Kier alpha value is 0.440. The van der Waals surface area contributed by atoms with Crippen LogP contribution in [0, 0.1) is 0 Å². The van der Waals surface area contributed by atoms with Crippen molar-refractivity contribution >= 4 is 25.3 Å². The summed E-state index contributed by atoms with van der Waals surface area (Å²) in [7, 11) is 0. The molecule has 0 heterocycles. The Labute approximate surface area is 61.2 Å². The molecule has 0 saturated carbocycles. The van der Waals surface area contributed by atoms with Crippen LogP contribution >= 0.6 is 25.3 Å². The van der Waals surface area contributed by atoms with Crippen LogP contribution in [-0.2, 0) is 0 Å². The van der Waals surface area contributed by atoms with E-state index in [1.165, 1.54) is 12.8 Å². The van der Waals surface area contributed by atoms with Crippen molar-refractivity contribution in [3.8, 4) is 0 Å². The zero-order valence-electron chi connectivity index (χ0n) is 4.62. The third-order valence-electron chi connectivity index (χ3n) is 1.31. The first-order valence-corrected chi connectivity index (χ1v) is 3.87. The van der Waals surface area contributed by atoms with Gasteiger partial charge in [-0.3, -0.25) is 0 Å². The summed E-state index contributed by atoms with van der Waals surface area (Å²) < 4.78 is 0. The van der Waals surface area contributed by atoms with Gasteiger partial charge in [-0.05, 0) is 12.8 Å². The van der Waals surface area contributed by atoms with Crippen molar-refractivity contribution in [2.45, 2.75) is 23.3 Å². The van der Waals surface area contributed by atoms with E-state index in [4.69, 9.17) is 0 Å². The maximum Gasteiger partial charge on any atom is 0.0197 e. The molecule has 8 heavy (non-hydrogen) atoms. The summed E-state index contributed by atoms with van der Waals surface area (Å²) in [5.74, 6) is 0. The van der Waals surface area contributed by atoms with Crippen molar-refractivity contribution in [3.63, 3.8) is 0 Å². The van der Waals surface area contributed by atoms with Crippen LogP contribution in [0.4, 0.5) is 0 Å². The fourth-order valence-corrected chi connectivity index (χ4v) is 1.29. The average molecular weight is 146 g/mol. The zero-order valence-corrected chi connectivity index (χ0v) is 6.41. The monoisotopic (exact) mass is 146 g/mol. The molecule has 0 nitrogen and oxygen atoms in total. The van der Waals surface area contributed by atoms with Crippen LogP contribution in [0.1, 0.15) is 12.8 Å². The highest BCUT2D eigenvalue weighted by Gasteiger charge is 2.07. The van der Waals surface area contributed by atoms with Crippen molar-refractivity contribution < 1.29 is 0 Å². The molecule has 0 aromatic carbocycles. The molecule has 46 valence electrons. The van der Waals surface area contributed by atoms with E-state index < -0.39 is 0 Å². The smallest absolute Gasteiger partial charge is 0.0197 e. The van der Waals surface area contributed by atoms with E-state index in [2.05, 4.69) is 37.4 Å². The van der Waals surface area contributed by atoms with Crippen LogP contribution in [0.25, 0.3) is 0 Å². The van der Waals surface area contributed by atoms with Crippen molar-refractivity contribution in [1.82, 2.24) is 0 Å². The molecule has 2 unspecified atom stereocenters. The maximum absolute atomic E-state index is 4.28.